The Morgan fingerprint density at radius 2 is 2.14 bits per heavy atom. The number of carbonyl (C=O) groups is 1. The van der Waals surface area contributed by atoms with E-state index in [1.807, 2.05) is 6.92 Å². The maximum absolute atomic E-state index is 10.2. The summed E-state index contributed by atoms with van der Waals surface area (Å²) in [5.41, 5.74) is 0.698. The minimum atomic E-state index is -0.150. The van der Waals surface area contributed by atoms with Gasteiger partial charge in [0.15, 0.2) is 0 Å². The van der Waals surface area contributed by atoms with Crippen LogP contribution < -0.4 is 0 Å². The summed E-state index contributed by atoms with van der Waals surface area (Å²) in [5, 5.41) is -0.150. The molecule has 40 valence electrons. The fourth-order valence-electron chi connectivity index (χ4n) is 0.123. The Morgan fingerprint density at radius 3 is 2.14 bits per heavy atom. The number of hydrogen-bond donors (Lipinski definition) is 1. The second-order valence-electron chi connectivity index (χ2n) is 1.28. The van der Waals surface area contributed by atoms with Gasteiger partial charge in [-0.1, -0.05) is 6.08 Å². The fraction of sp³-hybridized carbons (Fsp3) is 0.400. The predicted octanol–water partition coefficient (Wildman–Crippen LogP) is 1.41. The van der Waals surface area contributed by atoms with Crippen molar-refractivity contribution in [1.29, 1.82) is 0 Å². The lowest BCUT2D eigenvalue weighted by atomic mass is 10.3. The second-order valence-corrected chi connectivity index (χ2v) is 1.68. The van der Waals surface area contributed by atoms with E-state index in [9.17, 15) is 4.79 Å². The van der Waals surface area contributed by atoms with Crippen molar-refractivity contribution in [1.82, 2.24) is 0 Å². The third-order valence-corrected chi connectivity index (χ3v) is 1.12. The highest BCUT2D eigenvalue weighted by atomic mass is 32.1. The molecule has 0 aromatic heterocycles. The van der Waals surface area contributed by atoms with Crippen LogP contribution in [0.4, 0.5) is 0 Å². The van der Waals surface area contributed by atoms with Crippen LogP contribution in [0.1, 0.15) is 13.8 Å². The Balaban J connectivity index is 3.82. The SMILES string of the molecule is C/C=C(/C)C(=O)S. The zero-order valence-corrected chi connectivity index (χ0v) is 5.33. The van der Waals surface area contributed by atoms with E-state index in [2.05, 4.69) is 12.6 Å². The summed E-state index contributed by atoms with van der Waals surface area (Å²) >= 11 is 3.57. The van der Waals surface area contributed by atoms with E-state index >= 15 is 0 Å². The Hall–Kier alpha value is -0.240. The topological polar surface area (TPSA) is 17.1 Å². The summed E-state index contributed by atoms with van der Waals surface area (Å²) in [7, 11) is 0. The number of hydrogen-bond acceptors (Lipinski definition) is 1. The Labute approximate surface area is 48.8 Å². The van der Waals surface area contributed by atoms with Gasteiger partial charge in [0, 0.05) is 0 Å². The summed E-state index contributed by atoms with van der Waals surface area (Å²) < 4.78 is 0. The summed E-state index contributed by atoms with van der Waals surface area (Å²) in [6.45, 7) is 3.54. The quantitative estimate of drug-likeness (QED) is 0.405. The highest BCUT2D eigenvalue weighted by molar-refractivity contribution is 7.97. The number of allylic oxidation sites excluding steroid dienone is 1. The van der Waals surface area contributed by atoms with Crippen molar-refractivity contribution >= 4 is 17.7 Å². The molecule has 0 rings (SSSR count). The van der Waals surface area contributed by atoms with Crippen LogP contribution in [-0.2, 0) is 4.79 Å². The molecular formula is C5H8OS. The number of rotatable bonds is 1. The van der Waals surface area contributed by atoms with Crippen molar-refractivity contribution in [3.63, 3.8) is 0 Å². The minimum absolute atomic E-state index is 0.150. The molecule has 0 heterocycles. The molecule has 0 aromatic carbocycles. The van der Waals surface area contributed by atoms with Crippen LogP contribution in [-0.4, -0.2) is 5.12 Å². The zero-order valence-electron chi connectivity index (χ0n) is 4.43. The normalized spacial score (nSPS) is 11.6. The third-order valence-electron chi connectivity index (χ3n) is 0.770. The van der Waals surface area contributed by atoms with Gasteiger partial charge in [-0.3, -0.25) is 4.79 Å². The van der Waals surface area contributed by atoms with Gasteiger partial charge in [-0.15, -0.1) is 12.6 Å². The molecule has 0 radical (unpaired) electrons. The summed E-state index contributed by atoms with van der Waals surface area (Å²) in [6, 6.07) is 0. The number of carbonyl (C=O) groups excluding carboxylic acids is 1. The molecule has 0 spiro atoms. The standard InChI is InChI=1S/C5H8OS/c1-3-4(2)5(6)7/h3H,1-2H3,(H,6,7)/b4-3-. The fourth-order valence-corrected chi connectivity index (χ4v) is 0.253. The van der Waals surface area contributed by atoms with E-state index < -0.39 is 0 Å². The van der Waals surface area contributed by atoms with E-state index in [1.54, 1.807) is 13.0 Å². The first kappa shape index (κ1) is 6.76. The van der Waals surface area contributed by atoms with Gasteiger partial charge in [-0.05, 0) is 19.4 Å². The van der Waals surface area contributed by atoms with Gasteiger partial charge in [-0.25, -0.2) is 0 Å². The largest absolute Gasteiger partial charge is 0.282 e. The molecule has 0 amide bonds. The molecule has 0 fully saturated rings. The summed E-state index contributed by atoms with van der Waals surface area (Å²) in [4.78, 5) is 10.2. The highest BCUT2D eigenvalue weighted by Gasteiger charge is 1.90. The van der Waals surface area contributed by atoms with E-state index in [-0.39, 0.29) is 5.12 Å². The van der Waals surface area contributed by atoms with Crippen LogP contribution in [0.2, 0.25) is 0 Å². The molecule has 0 bridgehead atoms. The average molecular weight is 116 g/mol. The minimum Gasteiger partial charge on any atom is -0.282 e. The Morgan fingerprint density at radius 1 is 1.71 bits per heavy atom. The van der Waals surface area contributed by atoms with Crippen LogP contribution in [0.25, 0.3) is 0 Å². The van der Waals surface area contributed by atoms with E-state index in [1.165, 1.54) is 0 Å². The lowest BCUT2D eigenvalue weighted by molar-refractivity contribution is -0.107. The first-order valence-electron chi connectivity index (χ1n) is 2.04. The van der Waals surface area contributed by atoms with Crippen molar-refractivity contribution in [2.45, 2.75) is 13.8 Å². The van der Waals surface area contributed by atoms with Gasteiger partial charge in [0.05, 0.1) is 0 Å². The molecule has 0 N–H and O–H groups in total. The van der Waals surface area contributed by atoms with Crippen molar-refractivity contribution in [3.05, 3.63) is 11.6 Å². The molecule has 0 saturated carbocycles. The first-order chi connectivity index (χ1) is 3.18. The van der Waals surface area contributed by atoms with Crippen molar-refractivity contribution in [2.24, 2.45) is 0 Å². The smallest absolute Gasteiger partial charge is 0.211 e. The lowest BCUT2D eigenvalue weighted by Gasteiger charge is -1.84. The third kappa shape index (κ3) is 2.45. The molecule has 0 unspecified atom stereocenters. The molecule has 2 heteroatoms. The molecule has 0 atom stereocenters. The molecular weight excluding hydrogens is 108 g/mol. The van der Waals surface area contributed by atoms with E-state index in [0.717, 1.165) is 0 Å². The molecule has 1 nitrogen and oxygen atoms in total. The maximum atomic E-state index is 10.2. The van der Waals surface area contributed by atoms with E-state index in [0.29, 0.717) is 5.57 Å². The Kier molecular flexibility index (Phi) is 2.76. The predicted molar refractivity (Wildman–Crippen MR) is 33.4 cm³/mol. The van der Waals surface area contributed by atoms with Gasteiger partial charge >= 0.3 is 0 Å². The summed E-state index contributed by atoms with van der Waals surface area (Å²) in [5.74, 6) is 0. The second kappa shape index (κ2) is 2.86. The summed E-state index contributed by atoms with van der Waals surface area (Å²) in [6.07, 6.45) is 1.73. The first-order valence-corrected chi connectivity index (χ1v) is 2.49. The van der Waals surface area contributed by atoms with Gasteiger partial charge in [0.1, 0.15) is 0 Å². The average Bonchev–Trinajstić information content (AvgIpc) is 1.65. The van der Waals surface area contributed by atoms with Gasteiger partial charge < -0.3 is 0 Å². The Bertz CT molecular complexity index is 105. The highest BCUT2D eigenvalue weighted by Crippen LogP contribution is 1.95. The monoisotopic (exact) mass is 116 g/mol. The van der Waals surface area contributed by atoms with Crippen LogP contribution in [0.15, 0.2) is 11.6 Å². The van der Waals surface area contributed by atoms with Crippen LogP contribution in [0, 0.1) is 0 Å². The van der Waals surface area contributed by atoms with E-state index in [4.69, 9.17) is 0 Å². The van der Waals surface area contributed by atoms with Crippen LogP contribution in [0.3, 0.4) is 0 Å². The molecule has 0 aromatic rings. The van der Waals surface area contributed by atoms with Gasteiger partial charge in [-0.2, -0.15) is 0 Å². The molecule has 0 aliphatic heterocycles. The van der Waals surface area contributed by atoms with Gasteiger partial charge in [0.2, 0.25) is 5.12 Å². The number of thiol groups is 1. The maximum Gasteiger partial charge on any atom is 0.211 e. The van der Waals surface area contributed by atoms with Crippen LogP contribution in [0.5, 0.6) is 0 Å². The lowest BCUT2D eigenvalue weighted by Crippen LogP contribution is -1.84. The zero-order chi connectivity index (χ0) is 5.86. The van der Waals surface area contributed by atoms with Crippen molar-refractivity contribution in [3.8, 4) is 0 Å². The molecule has 7 heavy (non-hydrogen) atoms. The van der Waals surface area contributed by atoms with Crippen molar-refractivity contribution in [2.75, 3.05) is 0 Å². The molecule has 0 saturated heterocycles. The van der Waals surface area contributed by atoms with Gasteiger partial charge in [0.25, 0.3) is 0 Å². The molecule has 0 aliphatic carbocycles. The van der Waals surface area contributed by atoms with Crippen molar-refractivity contribution < 1.29 is 4.79 Å². The van der Waals surface area contributed by atoms with Crippen LogP contribution >= 0.6 is 12.6 Å². The molecule has 0 aliphatic rings.